The highest BCUT2D eigenvalue weighted by Gasteiger charge is 2.40. The average molecular weight is 256 g/mol. The first-order chi connectivity index (χ1) is 9.28. The lowest BCUT2D eigenvalue weighted by atomic mass is 10.1. The molecule has 19 heavy (non-hydrogen) atoms. The number of fused-ring (bicyclic) bond motifs is 2. The van der Waals surface area contributed by atoms with Crippen LogP contribution < -0.4 is 0 Å². The van der Waals surface area contributed by atoms with Crippen molar-refractivity contribution in [1.29, 1.82) is 0 Å². The van der Waals surface area contributed by atoms with Crippen LogP contribution in [-0.2, 0) is 0 Å². The molecule has 0 aromatic carbocycles. The Morgan fingerprint density at radius 3 is 3.05 bits per heavy atom. The third-order valence-electron chi connectivity index (χ3n) is 3.97. The summed E-state index contributed by atoms with van der Waals surface area (Å²) in [6.07, 6.45) is 6.75. The van der Waals surface area contributed by atoms with E-state index in [1.807, 2.05) is 4.90 Å². The van der Waals surface area contributed by atoms with Gasteiger partial charge in [-0.2, -0.15) is 0 Å². The monoisotopic (exact) mass is 256 g/mol. The van der Waals surface area contributed by atoms with Gasteiger partial charge < -0.3 is 10.0 Å². The first kappa shape index (κ1) is 12.2. The van der Waals surface area contributed by atoms with E-state index in [9.17, 15) is 4.79 Å². The minimum absolute atomic E-state index is 0.0624. The number of nitrogens with zero attached hydrogens (tertiary/aromatic N) is 2. The van der Waals surface area contributed by atoms with Crippen LogP contribution in [-0.4, -0.2) is 40.1 Å². The molecule has 4 heteroatoms. The first-order valence-corrected chi connectivity index (χ1v) is 6.63. The number of carbonyl (C=O) groups excluding carboxylic acids is 1. The van der Waals surface area contributed by atoms with Gasteiger partial charge in [-0.15, -0.1) is 0 Å². The van der Waals surface area contributed by atoms with Gasteiger partial charge in [-0.05, 0) is 31.2 Å². The molecular weight excluding hydrogens is 240 g/mol. The number of hydrogen-bond acceptors (Lipinski definition) is 3. The van der Waals surface area contributed by atoms with Crippen molar-refractivity contribution in [3.05, 3.63) is 29.6 Å². The standard InChI is InChI=1S/C15H16N2O2/c18-5-1-2-11-6-13(9-16-8-11)15(19)17-10-12-3-4-14(17)7-12/h6,8-9,12,14,18H,3-5,7,10H2. The topological polar surface area (TPSA) is 53.4 Å². The number of piperidine rings is 1. The smallest absolute Gasteiger partial charge is 0.255 e. The summed E-state index contributed by atoms with van der Waals surface area (Å²) in [6.45, 7) is 0.699. The Morgan fingerprint density at radius 2 is 2.37 bits per heavy atom. The van der Waals surface area contributed by atoms with Gasteiger partial charge in [0.15, 0.2) is 0 Å². The number of hydrogen-bond donors (Lipinski definition) is 1. The van der Waals surface area contributed by atoms with Gasteiger partial charge in [0, 0.05) is 30.5 Å². The van der Waals surface area contributed by atoms with Crippen LogP contribution in [0.15, 0.2) is 18.5 Å². The van der Waals surface area contributed by atoms with Crippen molar-refractivity contribution in [2.45, 2.75) is 25.3 Å². The second-order valence-corrected chi connectivity index (χ2v) is 5.21. The number of carbonyl (C=O) groups is 1. The lowest BCUT2D eigenvalue weighted by Gasteiger charge is -2.26. The van der Waals surface area contributed by atoms with Crippen LogP contribution in [0.1, 0.15) is 35.2 Å². The average Bonchev–Trinajstić information content (AvgIpc) is 3.07. The number of likely N-dealkylation sites (tertiary alicyclic amines) is 1. The molecule has 3 rings (SSSR count). The van der Waals surface area contributed by atoms with Crippen molar-refractivity contribution in [1.82, 2.24) is 9.88 Å². The Balaban J connectivity index is 1.80. The predicted octanol–water partition coefficient (Wildman–Crippen LogP) is 1.05. The zero-order chi connectivity index (χ0) is 13.2. The largest absolute Gasteiger partial charge is 0.384 e. The maximum atomic E-state index is 12.5. The highest BCUT2D eigenvalue weighted by atomic mass is 16.2. The van der Waals surface area contributed by atoms with Gasteiger partial charge in [0.2, 0.25) is 0 Å². The van der Waals surface area contributed by atoms with Gasteiger partial charge in [0.25, 0.3) is 5.91 Å². The molecule has 1 N–H and O–H groups in total. The van der Waals surface area contributed by atoms with Gasteiger partial charge in [-0.3, -0.25) is 9.78 Å². The predicted molar refractivity (Wildman–Crippen MR) is 70.4 cm³/mol. The van der Waals surface area contributed by atoms with Crippen LogP contribution in [0.4, 0.5) is 0 Å². The molecule has 1 aromatic heterocycles. The summed E-state index contributed by atoms with van der Waals surface area (Å²) >= 11 is 0. The maximum Gasteiger partial charge on any atom is 0.255 e. The molecular formula is C15H16N2O2. The molecule has 2 heterocycles. The Kier molecular flexibility index (Phi) is 3.22. The molecule has 2 unspecified atom stereocenters. The zero-order valence-corrected chi connectivity index (χ0v) is 10.7. The number of pyridine rings is 1. The van der Waals surface area contributed by atoms with Crippen LogP contribution in [0, 0.1) is 17.8 Å². The molecule has 1 saturated heterocycles. The summed E-state index contributed by atoms with van der Waals surface area (Å²) in [7, 11) is 0. The Morgan fingerprint density at radius 1 is 1.47 bits per heavy atom. The fourth-order valence-electron chi connectivity index (χ4n) is 3.11. The minimum Gasteiger partial charge on any atom is -0.384 e. The number of aliphatic hydroxyl groups excluding tert-OH is 1. The molecule has 1 saturated carbocycles. The molecule has 2 aliphatic rings. The fourth-order valence-corrected chi connectivity index (χ4v) is 3.11. The summed E-state index contributed by atoms with van der Waals surface area (Å²) in [6, 6.07) is 2.17. The summed E-state index contributed by atoms with van der Waals surface area (Å²) in [5, 5.41) is 8.68. The van der Waals surface area contributed by atoms with Crippen molar-refractivity contribution < 1.29 is 9.90 Å². The highest BCUT2D eigenvalue weighted by Crippen LogP contribution is 2.37. The molecule has 2 atom stereocenters. The lowest BCUT2D eigenvalue weighted by molar-refractivity contribution is 0.0703. The van der Waals surface area contributed by atoms with Crippen LogP contribution >= 0.6 is 0 Å². The molecule has 2 fully saturated rings. The Bertz CT molecular complexity index is 559. The van der Waals surface area contributed by atoms with E-state index in [-0.39, 0.29) is 12.5 Å². The van der Waals surface area contributed by atoms with E-state index in [2.05, 4.69) is 16.8 Å². The third kappa shape index (κ3) is 2.34. The summed E-state index contributed by atoms with van der Waals surface area (Å²) in [5.41, 5.74) is 1.27. The van der Waals surface area contributed by atoms with E-state index in [1.165, 1.54) is 6.42 Å². The molecule has 0 radical (unpaired) electrons. The third-order valence-corrected chi connectivity index (χ3v) is 3.97. The quantitative estimate of drug-likeness (QED) is 0.764. The van der Waals surface area contributed by atoms with Crippen molar-refractivity contribution in [2.75, 3.05) is 13.2 Å². The number of amides is 1. The Labute approximate surface area is 112 Å². The zero-order valence-electron chi connectivity index (χ0n) is 10.7. The summed E-state index contributed by atoms with van der Waals surface area (Å²) in [4.78, 5) is 18.5. The maximum absolute atomic E-state index is 12.5. The molecule has 98 valence electrons. The normalized spacial score (nSPS) is 24.2. The van der Waals surface area contributed by atoms with Gasteiger partial charge in [-0.25, -0.2) is 0 Å². The van der Waals surface area contributed by atoms with Crippen molar-refractivity contribution in [2.24, 2.45) is 5.92 Å². The molecule has 2 bridgehead atoms. The molecule has 1 aliphatic heterocycles. The lowest BCUT2D eigenvalue weighted by Crippen LogP contribution is -2.37. The van der Waals surface area contributed by atoms with Crippen LogP contribution in [0.2, 0.25) is 0 Å². The van der Waals surface area contributed by atoms with E-state index in [0.29, 0.717) is 23.1 Å². The number of rotatable bonds is 1. The van der Waals surface area contributed by atoms with E-state index in [0.717, 1.165) is 19.4 Å². The fraction of sp³-hybridized carbons (Fsp3) is 0.467. The van der Waals surface area contributed by atoms with Crippen molar-refractivity contribution in [3.63, 3.8) is 0 Å². The number of aliphatic hydroxyl groups is 1. The first-order valence-electron chi connectivity index (χ1n) is 6.63. The van der Waals surface area contributed by atoms with Crippen molar-refractivity contribution in [3.8, 4) is 11.8 Å². The second kappa shape index (κ2) is 5.02. The van der Waals surface area contributed by atoms with Gasteiger partial charge in [0.1, 0.15) is 6.61 Å². The molecule has 0 spiro atoms. The second-order valence-electron chi connectivity index (χ2n) is 5.21. The van der Waals surface area contributed by atoms with E-state index < -0.39 is 0 Å². The van der Waals surface area contributed by atoms with Gasteiger partial charge >= 0.3 is 0 Å². The molecule has 1 aliphatic carbocycles. The Hall–Kier alpha value is -1.86. The highest BCUT2D eigenvalue weighted by molar-refractivity contribution is 5.94. The summed E-state index contributed by atoms with van der Waals surface area (Å²) in [5.74, 6) is 6.10. The number of aromatic nitrogens is 1. The van der Waals surface area contributed by atoms with E-state index in [1.54, 1.807) is 18.5 Å². The molecule has 4 nitrogen and oxygen atoms in total. The van der Waals surface area contributed by atoms with E-state index in [4.69, 9.17) is 5.11 Å². The van der Waals surface area contributed by atoms with Crippen LogP contribution in [0.5, 0.6) is 0 Å². The van der Waals surface area contributed by atoms with E-state index >= 15 is 0 Å². The molecule has 1 aromatic rings. The summed E-state index contributed by atoms with van der Waals surface area (Å²) < 4.78 is 0. The van der Waals surface area contributed by atoms with Crippen LogP contribution in [0.3, 0.4) is 0 Å². The van der Waals surface area contributed by atoms with Gasteiger partial charge in [-0.1, -0.05) is 11.8 Å². The van der Waals surface area contributed by atoms with Crippen molar-refractivity contribution >= 4 is 5.91 Å². The minimum atomic E-state index is -0.186. The SMILES string of the molecule is O=C(c1cncc(C#CCO)c1)N1CC2CCC1C2. The van der Waals surface area contributed by atoms with Crippen LogP contribution in [0.25, 0.3) is 0 Å². The molecule has 1 amide bonds. The van der Waals surface area contributed by atoms with Gasteiger partial charge in [0.05, 0.1) is 5.56 Å².